The van der Waals surface area contributed by atoms with Gasteiger partial charge in [-0.3, -0.25) is 9.48 Å². The lowest BCUT2D eigenvalue weighted by Crippen LogP contribution is -2.18. The van der Waals surface area contributed by atoms with E-state index in [-0.39, 0.29) is 5.91 Å². The number of amides is 1. The molecule has 0 radical (unpaired) electrons. The van der Waals surface area contributed by atoms with Gasteiger partial charge in [0.05, 0.1) is 11.9 Å². The summed E-state index contributed by atoms with van der Waals surface area (Å²) < 4.78 is 2.74. The number of halogens is 2. The van der Waals surface area contributed by atoms with E-state index in [9.17, 15) is 4.79 Å². The molecule has 0 unspecified atom stereocenters. The molecule has 20 heavy (non-hydrogen) atoms. The van der Waals surface area contributed by atoms with E-state index in [4.69, 9.17) is 0 Å². The first-order chi connectivity index (χ1) is 9.55. The predicted molar refractivity (Wildman–Crippen MR) is 82.7 cm³/mol. The summed E-state index contributed by atoms with van der Waals surface area (Å²) in [5.41, 5.74) is 1.40. The van der Waals surface area contributed by atoms with Crippen LogP contribution < -0.4 is 5.32 Å². The molecule has 6 nitrogen and oxygen atoms in total. The standard InChI is InChI=1S/C12H13Br2N5O/c1-3-7-5-8(19(4-2)18-7)12(20)17-11-10(14)16-9(13)6-15-11/h5-6H,3-4H2,1-2H3,(H,15,17,20). The highest BCUT2D eigenvalue weighted by atomic mass is 79.9. The first-order valence-corrected chi connectivity index (χ1v) is 7.69. The van der Waals surface area contributed by atoms with E-state index in [2.05, 4.69) is 52.2 Å². The van der Waals surface area contributed by atoms with Crippen molar-refractivity contribution in [1.29, 1.82) is 0 Å². The van der Waals surface area contributed by atoms with Crippen molar-refractivity contribution in [1.82, 2.24) is 19.7 Å². The average molecular weight is 403 g/mol. The first-order valence-electron chi connectivity index (χ1n) is 6.11. The van der Waals surface area contributed by atoms with E-state index < -0.39 is 0 Å². The zero-order chi connectivity index (χ0) is 14.7. The quantitative estimate of drug-likeness (QED) is 0.852. The van der Waals surface area contributed by atoms with Crippen molar-refractivity contribution in [2.24, 2.45) is 0 Å². The van der Waals surface area contributed by atoms with E-state index in [0.717, 1.165) is 12.1 Å². The number of aryl methyl sites for hydroxylation is 2. The van der Waals surface area contributed by atoms with Crippen LogP contribution in [0.25, 0.3) is 0 Å². The van der Waals surface area contributed by atoms with Crippen LogP contribution in [-0.4, -0.2) is 25.7 Å². The molecule has 1 amide bonds. The van der Waals surface area contributed by atoms with Gasteiger partial charge in [-0.15, -0.1) is 0 Å². The number of rotatable bonds is 4. The molecule has 2 aromatic heterocycles. The number of nitrogens with one attached hydrogen (secondary N) is 1. The summed E-state index contributed by atoms with van der Waals surface area (Å²) in [4.78, 5) is 20.5. The summed E-state index contributed by atoms with van der Waals surface area (Å²) in [6.45, 7) is 4.58. The van der Waals surface area contributed by atoms with Crippen LogP contribution in [-0.2, 0) is 13.0 Å². The maximum Gasteiger partial charge on any atom is 0.275 e. The highest BCUT2D eigenvalue weighted by molar-refractivity contribution is 9.11. The average Bonchev–Trinajstić information content (AvgIpc) is 2.85. The Bertz CT molecular complexity index is 641. The Morgan fingerprint density at radius 3 is 2.75 bits per heavy atom. The topological polar surface area (TPSA) is 72.7 Å². The van der Waals surface area contributed by atoms with E-state index in [1.165, 1.54) is 6.20 Å². The third kappa shape index (κ3) is 3.24. The van der Waals surface area contributed by atoms with Crippen LogP contribution >= 0.6 is 31.9 Å². The summed E-state index contributed by atoms with van der Waals surface area (Å²) in [6, 6.07) is 1.79. The lowest BCUT2D eigenvalue weighted by Gasteiger charge is -2.07. The third-order valence-electron chi connectivity index (χ3n) is 2.66. The van der Waals surface area contributed by atoms with E-state index in [1.54, 1.807) is 10.7 Å². The fourth-order valence-electron chi connectivity index (χ4n) is 1.67. The molecule has 0 aromatic carbocycles. The van der Waals surface area contributed by atoms with Gasteiger partial charge < -0.3 is 5.32 Å². The second-order valence-corrected chi connectivity index (χ2v) is 5.54. The van der Waals surface area contributed by atoms with Crippen LogP contribution in [0.5, 0.6) is 0 Å². The largest absolute Gasteiger partial charge is 0.303 e. The van der Waals surface area contributed by atoms with E-state index in [0.29, 0.717) is 27.3 Å². The summed E-state index contributed by atoms with van der Waals surface area (Å²) in [6.07, 6.45) is 2.31. The molecule has 2 rings (SSSR count). The van der Waals surface area contributed by atoms with Crippen molar-refractivity contribution >= 4 is 43.6 Å². The minimum atomic E-state index is -0.253. The van der Waals surface area contributed by atoms with Gasteiger partial charge in [-0.05, 0) is 51.3 Å². The van der Waals surface area contributed by atoms with Gasteiger partial charge in [0.2, 0.25) is 0 Å². The molecular formula is C12H13Br2N5O. The van der Waals surface area contributed by atoms with Gasteiger partial charge in [0.1, 0.15) is 14.9 Å². The number of carbonyl (C=O) groups excluding carboxylic acids is 1. The highest BCUT2D eigenvalue weighted by Crippen LogP contribution is 2.20. The first kappa shape index (κ1) is 15.1. The van der Waals surface area contributed by atoms with Gasteiger partial charge in [0.15, 0.2) is 5.82 Å². The van der Waals surface area contributed by atoms with Gasteiger partial charge in [-0.2, -0.15) is 5.10 Å². The van der Waals surface area contributed by atoms with Crippen LogP contribution in [0.4, 0.5) is 5.82 Å². The zero-order valence-corrected chi connectivity index (χ0v) is 14.2. The van der Waals surface area contributed by atoms with Gasteiger partial charge in [0, 0.05) is 6.54 Å². The van der Waals surface area contributed by atoms with Crippen LogP contribution in [0.15, 0.2) is 21.5 Å². The maximum absolute atomic E-state index is 12.3. The molecule has 8 heteroatoms. The fraction of sp³-hybridized carbons (Fsp3) is 0.333. The maximum atomic E-state index is 12.3. The summed E-state index contributed by atoms with van der Waals surface area (Å²) in [7, 11) is 0. The van der Waals surface area contributed by atoms with Crippen molar-refractivity contribution < 1.29 is 4.79 Å². The minimum absolute atomic E-state index is 0.253. The fourth-order valence-corrected chi connectivity index (χ4v) is 2.58. The highest BCUT2D eigenvalue weighted by Gasteiger charge is 2.16. The molecule has 106 valence electrons. The van der Waals surface area contributed by atoms with Crippen molar-refractivity contribution in [3.05, 3.63) is 32.9 Å². The van der Waals surface area contributed by atoms with Crippen molar-refractivity contribution in [2.45, 2.75) is 26.8 Å². The number of hydrogen-bond donors (Lipinski definition) is 1. The van der Waals surface area contributed by atoms with Crippen molar-refractivity contribution in [3.63, 3.8) is 0 Å². The van der Waals surface area contributed by atoms with Gasteiger partial charge in [0.25, 0.3) is 5.91 Å². The van der Waals surface area contributed by atoms with Gasteiger partial charge in [-0.25, -0.2) is 9.97 Å². The Balaban J connectivity index is 2.25. The van der Waals surface area contributed by atoms with E-state index in [1.807, 2.05) is 13.8 Å². The molecule has 0 aliphatic carbocycles. The molecule has 0 spiro atoms. The molecule has 2 aromatic rings. The molecule has 0 fully saturated rings. The van der Waals surface area contributed by atoms with Gasteiger partial charge >= 0.3 is 0 Å². The lowest BCUT2D eigenvalue weighted by atomic mass is 10.3. The molecule has 0 aliphatic heterocycles. The molecule has 0 atom stereocenters. The molecule has 0 bridgehead atoms. The number of hydrogen-bond acceptors (Lipinski definition) is 4. The second-order valence-electron chi connectivity index (χ2n) is 3.98. The molecular weight excluding hydrogens is 390 g/mol. The normalized spacial score (nSPS) is 10.6. The summed E-state index contributed by atoms with van der Waals surface area (Å²) >= 11 is 6.47. The Kier molecular flexibility index (Phi) is 4.87. The van der Waals surface area contributed by atoms with Crippen LogP contribution in [0.3, 0.4) is 0 Å². The van der Waals surface area contributed by atoms with Gasteiger partial charge in [-0.1, -0.05) is 6.92 Å². The Labute approximate surface area is 133 Å². The number of anilines is 1. The summed E-state index contributed by atoms with van der Waals surface area (Å²) in [5, 5.41) is 7.07. The molecule has 1 N–H and O–H groups in total. The van der Waals surface area contributed by atoms with E-state index >= 15 is 0 Å². The second kappa shape index (κ2) is 6.45. The number of aromatic nitrogens is 4. The molecule has 0 saturated heterocycles. The van der Waals surface area contributed by atoms with Crippen molar-refractivity contribution in [3.8, 4) is 0 Å². The lowest BCUT2D eigenvalue weighted by molar-refractivity contribution is 0.101. The van der Waals surface area contributed by atoms with Crippen LogP contribution in [0.1, 0.15) is 30.0 Å². The van der Waals surface area contributed by atoms with Crippen LogP contribution in [0, 0.1) is 0 Å². The predicted octanol–water partition coefficient (Wildman–Crippen LogP) is 3.03. The number of nitrogens with zero attached hydrogens (tertiary/aromatic N) is 4. The Hall–Kier alpha value is -1.28. The van der Waals surface area contributed by atoms with Crippen molar-refractivity contribution in [2.75, 3.05) is 5.32 Å². The zero-order valence-electron chi connectivity index (χ0n) is 11.0. The minimum Gasteiger partial charge on any atom is -0.303 e. The monoisotopic (exact) mass is 401 g/mol. The Morgan fingerprint density at radius 2 is 2.15 bits per heavy atom. The molecule has 0 aliphatic rings. The van der Waals surface area contributed by atoms with Crippen LogP contribution in [0.2, 0.25) is 0 Å². The smallest absolute Gasteiger partial charge is 0.275 e. The molecule has 2 heterocycles. The third-order valence-corrected chi connectivity index (χ3v) is 3.59. The SMILES string of the molecule is CCc1cc(C(=O)Nc2ncc(Br)nc2Br)n(CC)n1. The number of carbonyl (C=O) groups is 1. The summed E-state index contributed by atoms with van der Waals surface area (Å²) in [5.74, 6) is 0.122. The molecule has 0 saturated carbocycles. The Morgan fingerprint density at radius 1 is 1.40 bits per heavy atom.